The van der Waals surface area contributed by atoms with Crippen molar-refractivity contribution < 1.29 is 63.1 Å². The van der Waals surface area contributed by atoms with Crippen molar-refractivity contribution in [3.05, 3.63) is 53.1 Å². The van der Waals surface area contributed by atoms with Gasteiger partial charge in [0.25, 0.3) is 0 Å². The zero-order chi connectivity index (χ0) is 33.1. The maximum atomic E-state index is 11.2. The molecule has 2 saturated heterocycles. The highest BCUT2D eigenvalue weighted by molar-refractivity contribution is 5.56. The Bertz CT molecular complexity index is 1450. The molecule has 3 aromatic carbocycles. The summed E-state index contributed by atoms with van der Waals surface area (Å²) in [4.78, 5) is 0. The minimum Gasteiger partial charge on any atom is -0.502 e. The molecule has 0 spiro atoms. The number of aliphatic hydroxyl groups is 2. The van der Waals surface area contributed by atoms with Crippen molar-refractivity contribution in [3.8, 4) is 51.7 Å². The van der Waals surface area contributed by atoms with Gasteiger partial charge in [-0.25, -0.2) is 0 Å². The fraction of sp³-hybridized carbons (Fsp3) is 0.455. The molecule has 6 unspecified atom stereocenters. The minimum absolute atomic E-state index is 0.00470. The standard InChI is InChI=1S/C33H40O13/c1-38-21-7-16(8-22(39-2)29(21)36)28(35)27(13-34)46-33-25(42-5)11-18(12-26(33)43-6)32-20-15-44-31(19(20)14-45-32)17-9-23(40-3)30(37)24(10-17)41-4/h7-12,19-20,27-28,31-32,34-37H,13-15H2,1-6H3. The first-order chi connectivity index (χ1) is 22.2. The minimum atomic E-state index is -1.36. The van der Waals surface area contributed by atoms with E-state index in [2.05, 4.69) is 0 Å². The summed E-state index contributed by atoms with van der Waals surface area (Å²) in [5.74, 6) is 1.21. The molecule has 2 aliphatic rings. The van der Waals surface area contributed by atoms with Crippen LogP contribution in [0.15, 0.2) is 36.4 Å². The first kappa shape index (κ1) is 33.1. The van der Waals surface area contributed by atoms with Gasteiger partial charge in [-0.15, -0.1) is 0 Å². The number of fused-ring (bicyclic) bond motifs is 1. The normalized spacial score (nSPS) is 21.7. The number of ether oxygens (including phenoxy) is 9. The first-order valence-electron chi connectivity index (χ1n) is 14.6. The number of methoxy groups -OCH3 is 6. The van der Waals surface area contributed by atoms with E-state index in [1.165, 1.54) is 54.8 Å². The molecule has 2 heterocycles. The Morgan fingerprint density at radius 1 is 0.630 bits per heavy atom. The van der Waals surface area contributed by atoms with Gasteiger partial charge in [0.1, 0.15) is 6.10 Å². The van der Waals surface area contributed by atoms with E-state index in [4.69, 9.17) is 42.6 Å². The second-order valence-corrected chi connectivity index (χ2v) is 10.9. The number of aromatic hydroxyl groups is 2. The fourth-order valence-corrected chi connectivity index (χ4v) is 6.15. The lowest BCUT2D eigenvalue weighted by Crippen LogP contribution is -2.29. The van der Waals surface area contributed by atoms with Gasteiger partial charge < -0.3 is 63.1 Å². The van der Waals surface area contributed by atoms with E-state index in [-0.39, 0.29) is 69.9 Å². The molecular formula is C33H40O13. The summed E-state index contributed by atoms with van der Waals surface area (Å²) in [5.41, 5.74) is 1.86. The van der Waals surface area contributed by atoms with Crippen molar-refractivity contribution in [1.82, 2.24) is 0 Å². The predicted octanol–water partition coefficient (Wildman–Crippen LogP) is 3.70. The van der Waals surface area contributed by atoms with Gasteiger partial charge in [0.2, 0.25) is 17.2 Å². The Balaban J connectivity index is 1.41. The molecule has 2 fully saturated rings. The molecule has 0 aromatic heterocycles. The molecule has 3 aromatic rings. The third-order valence-electron chi connectivity index (χ3n) is 8.55. The molecule has 0 bridgehead atoms. The van der Waals surface area contributed by atoms with Gasteiger partial charge in [-0.05, 0) is 53.1 Å². The fourth-order valence-electron chi connectivity index (χ4n) is 6.15. The van der Waals surface area contributed by atoms with Gasteiger partial charge in [0.05, 0.1) is 74.7 Å². The molecule has 6 atom stereocenters. The quantitative estimate of drug-likeness (QED) is 0.213. The van der Waals surface area contributed by atoms with Crippen molar-refractivity contribution in [2.24, 2.45) is 11.8 Å². The van der Waals surface area contributed by atoms with E-state index in [0.717, 1.165) is 11.1 Å². The average molecular weight is 645 g/mol. The Morgan fingerprint density at radius 2 is 1.00 bits per heavy atom. The van der Waals surface area contributed by atoms with Crippen molar-refractivity contribution in [3.63, 3.8) is 0 Å². The number of phenolic OH excluding ortho intramolecular Hbond substituents is 2. The van der Waals surface area contributed by atoms with Gasteiger partial charge in [0.15, 0.2) is 40.6 Å². The van der Waals surface area contributed by atoms with E-state index >= 15 is 0 Å². The van der Waals surface area contributed by atoms with Crippen LogP contribution in [-0.2, 0) is 9.47 Å². The molecule has 46 heavy (non-hydrogen) atoms. The monoisotopic (exact) mass is 644 g/mol. The highest BCUT2D eigenvalue weighted by Crippen LogP contribution is 2.54. The maximum absolute atomic E-state index is 11.2. The van der Waals surface area contributed by atoms with Crippen LogP contribution in [0, 0.1) is 11.8 Å². The summed E-state index contributed by atoms with van der Waals surface area (Å²) in [7, 11) is 8.65. The summed E-state index contributed by atoms with van der Waals surface area (Å²) < 4.78 is 51.2. The topological polar surface area (TPSA) is 164 Å². The zero-order valence-electron chi connectivity index (χ0n) is 26.5. The second kappa shape index (κ2) is 14.0. The van der Waals surface area contributed by atoms with Gasteiger partial charge in [-0.3, -0.25) is 0 Å². The molecule has 0 aliphatic carbocycles. The molecular weight excluding hydrogens is 604 g/mol. The highest BCUT2D eigenvalue weighted by atomic mass is 16.6. The molecule has 0 amide bonds. The van der Waals surface area contributed by atoms with Crippen molar-refractivity contribution in [2.45, 2.75) is 24.4 Å². The number of benzene rings is 3. The molecule has 13 nitrogen and oxygen atoms in total. The SMILES string of the molecule is COc1cc(C(O)C(CO)Oc2c(OC)cc(C3OCC4C(c5cc(OC)c(O)c(OC)c5)OCC34)cc2OC)cc(OC)c1O. The van der Waals surface area contributed by atoms with Gasteiger partial charge in [-0.1, -0.05) is 0 Å². The maximum Gasteiger partial charge on any atom is 0.204 e. The average Bonchev–Trinajstić information content (AvgIpc) is 3.69. The van der Waals surface area contributed by atoms with Crippen LogP contribution in [0.4, 0.5) is 0 Å². The van der Waals surface area contributed by atoms with Crippen LogP contribution < -0.4 is 33.2 Å². The van der Waals surface area contributed by atoms with Crippen molar-refractivity contribution in [1.29, 1.82) is 0 Å². The summed E-state index contributed by atoms with van der Waals surface area (Å²) in [6, 6.07) is 9.90. The summed E-state index contributed by atoms with van der Waals surface area (Å²) in [6.07, 6.45) is -3.19. The van der Waals surface area contributed by atoms with Crippen molar-refractivity contribution >= 4 is 0 Å². The largest absolute Gasteiger partial charge is 0.502 e. The lowest BCUT2D eigenvalue weighted by Gasteiger charge is -2.26. The molecule has 13 heteroatoms. The molecule has 0 radical (unpaired) electrons. The molecule has 4 N–H and O–H groups in total. The lowest BCUT2D eigenvalue weighted by molar-refractivity contribution is -0.00206. The van der Waals surface area contributed by atoms with Crippen LogP contribution in [-0.4, -0.2) is 89.0 Å². The smallest absolute Gasteiger partial charge is 0.204 e. The summed E-state index contributed by atoms with van der Waals surface area (Å²) >= 11 is 0. The van der Waals surface area contributed by atoms with Gasteiger partial charge in [0, 0.05) is 11.8 Å². The van der Waals surface area contributed by atoms with Crippen LogP contribution in [0.2, 0.25) is 0 Å². The number of aliphatic hydroxyl groups excluding tert-OH is 2. The predicted molar refractivity (Wildman–Crippen MR) is 163 cm³/mol. The number of phenols is 2. The Labute approximate surface area is 266 Å². The Hall–Kier alpha value is -4.30. The first-order valence-corrected chi connectivity index (χ1v) is 14.6. The molecule has 2 aliphatic heterocycles. The number of hydrogen-bond donors (Lipinski definition) is 4. The van der Waals surface area contributed by atoms with Crippen LogP contribution in [0.3, 0.4) is 0 Å². The van der Waals surface area contributed by atoms with Crippen LogP contribution in [0.1, 0.15) is 35.0 Å². The van der Waals surface area contributed by atoms with Crippen LogP contribution in [0.25, 0.3) is 0 Å². The van der Waals surface area contributed by atoms with E-state index < -0.39 is 18.8 Å². The van der Waals surface area contributed by atoms with E-state index in [0.29, 0.717) is 24.7 Å². The zero-order valence-corrected chi connectivity index (χ0v) is 26.5. The summed E-state index contributed by atoms with van der Waals surface area (Å²) in [6.45, 7) is 0.279. The third-order valence-corrected chi connectivity index (χ3v) is 8.55. The Kier molecular flexibility index (Phi) is 10.1. The molecule has 0 saturated carbocycles. The van der Waals surface area contributed by atoms with E-state index in [1.807, 2.05) is 0 Å². The van der Waals surface area contributed by atoms with Crippen LogP contribution >= 0.6 is 0 Å². The third kappa shape index (κ3) is 5.98. The highest BCUT2D eigenvalue weighted by Gasteiger charge is 2.49. The van der Waals surface area contributed by atoms with Crippen LogP contribution in [0.5, 0.6) is 51.7 Å². The second-order valence-electron chi connectivity index (χ2n) is 10.9. The van der Waals surface area contributed by atoms with Crippen molar-refractivity contribution in [2.75, 3.05) is 62.5 Å². The number of rotatable bonds is 13. The Morgan fingerprint density at radius 3 is 1.37 bits per heavy atom. The van der Waals surface area contributed by atoms with E-state index in [1.54, 1.807) is 24.3 Å². The van der Waals surface area contributed by atoms with E-state index in [9.17, 15) is 20.4 Å². The molecule has 250 valence electrons. The van der Waals surface area contributed by atoms with Gasteiger partial charge >= 0.3 is 0 Å². The summed E-state index contributed by atoms with van der Waals surface area (Å²) in [5, 5.41) is 42.1. The van der Waals surface area contributed by atoms with Gasteiger partial charge in [-0.2, -0.15) is 0 Å². The number of hydrogen-bond acceptors (Lipinski definition) is 13. The molecule has 5 rings (SSSR count). The lowest BCUT2D eigenvalue weighted by atomic mass is 9.84.